The van der Waals surface area contributed by atoms with Crippen LogP contribution in [0.5, 0.6) is 0 Å². The third kappa shape index (κ3) is 3.43. The molecule has 6 nitrogen and oxygen atoms in total. The molecule has 0 bridgehead atoms. The predicted molar refractivity (Wildman–Crippen MR) is 124 cm³/mol. The van der Waals surface area contributed by atoms with Gasteiger partial charge in [-0.25, -0.2) is 4.68 Å². The zero-order valence-corrected chi connectivity index (χ0v) is 17.9. The Morgan fingerprint density at radius 3 is 2.74 bits per heavy atom. The number of rotatable bonds is 4. The van der Waals surface area contributed by atoms with Gasteiger partial charge in [0.25, 0.3) is 11.5 Å². The summed E-state index contributed by atoms with van der Waals surface area (Å²) in [6.07, 6.45) is 1.59. The van der Waals surface area contributed by atoms with E-state index in [2.05, 4.69) is 15.4 Å². The number of H-pyrrole nitrogens is 1. The number of carbonyl (C=O) groups is 1. The van der Waals surface area contributed by atoms with Crippen molar-refractivity contribution in [1.82, 2.24) is 20.1 Å². The molecule has 0 fully saturated rings. The number of nitrogens with one attached hydrogen (secondary N) is 2. The van der Waals surface area contributed by atoms with Crippen LogP contribution in [-0.4, -0.2) is 20.7 Å². The Kier molecular flexibility index (Phi) is 4.67. The van der Waals surface area contributed by atoms with Gasteiger partial charge in [-0.05, 0) is 66.8 Å². The number of fused-ring (bicyclic) bond motifs is 3. The predicted octanol–water partition coefficient (Wildman–Crippen LogP) is 4.48. The number of aryl methyl sites for hydroxylation is 2. The molecule has 0 unspecified atom stereocenters. The van der Waals surface area contributed by atoms with E-state index in [0.29, 0.717) is 23.0 Å². The van der Waals surface area contributed by atoms with Crippen LogP contribution in [0, 0.1) is 13.8 Å². The number of hydrogen-bond donors (Lipinski definition) is 2. The molecule has 5 rings (SSSR count). The first-order valence-electron chi connectivity index (χ1n) is 9.93. The van der Waals surface area contributed by atoms with Gasteiger partial charge in [0, 0.05) is 22.0 Å². The molecule has 31 heavy (non-hydrogen) atoms. The molecular weight excluding hydrogens is 408 g/mol. The highest BCUT2D eigenvalue weighted by Crippen LogP contribution is 2.23. The van der Waals surface area contributed by atoms with Crippen LogP contribution in [-0.2, 0) is 6.54 Å². The minimum absolute atomic E-state index is 0.164. The van der Waals surface area contributed by atoms with E-state index in [-0.39, 0.29) is 11.5 Å². The van der Waals surface area contributed by atoms with Gasteiger partial charge in [-0.15, -0.1) is 11.3 Å². The highest BCUT2D eigenvalue weighted by Gasteiger charge is 2.14. The van der Waals surface area contributed by atoms with E-state index in [0.717, 1.165) is 27.0 Å². The van der Waals surface area contributed by atoms with E-state index in [9.17, 15) is 9.59 Å². The van der Waals surface area contributed by atoms with Crippen LogP contribution < -0.4 is 10.9 Å². The smallest absolute Gasteiger partial charge is 0.280 e. The first-order chi connectivity index (χ1) is 15.0. The Balaban J connectivity index is 1.58. The van der Waals surface area contributed by atoms with Gasteiger partial charge >= 0.3 is 0 Å². The van der Waals surface area contributed by atoms with E-state index in [1.165, 1.54) is 10.2 Å². The summed E-state index contributed by atoms with van der Waals surface area (Å²) in [4.78, 5) is 31.2. The summed E-state index contributed by atoms with van der Waals surface area (Å²) in [5.74, 6) is -0.164. The number of hydrogen-bond acceptors (Lipinski definition) is 4. The van der Waals surface area contributed by atoms with Gasteiger partial charge < -0.3 is 5.32 Å². The molecule has 5 aromatic rings. The molecule has 0 aliphatic heterocycles. The topological polar surface area (TPSA) is 79.8 Å². The molecule has 0 aliphatic rings. The Morgan fingerprint density at radius 1 is 1.10 bits per heavy atom. The highest BCUT2D eigenvalue weighted by molar-refractivity contribution is 7.09. The first-order valence-corrected chi connectivity index (χ1v) is 10.8. The number of aromatic amines is 1. The number of pyridine rings is 1. The van der Waals surface area contributed by atoms with Crippen LogP contribution in [0.3, 0.4) is 0 Å². The van der Waals surface area contributed by atoms with Gasteiger partial charge in [-0.3, -0.25) is 19.7 Å². The van der Waals surface area contributed by atoms with Crippen molar-refractivity contribution in [2.75, 3.05) is 0 Å². The molecule has 0 saturated heterocycles. The molecule has 0 radical (unpaired) electrons. The fraction of sp³-hybridized carbons (Fsp3) is 0.125. The second-order valence-corrected chi connectivity index (χ2v) is 8.59. The SMILES string of the molecule is Cc1ccc(-n2[nH]c3c(cnc4ccc(C(=O)NCc5cccs5)cc43)c2=O)cc1C. The minimum atomic E-state index is -0.166. The monoisotopic (exact) mass is 428 g/mol. The zero-order valence-electron chi connectivity index (χ0n) is 17.1. The first kappa shape index (κ1) is 19.3. The lowest BCUT2D eigenvalue weighted by Gasteiger charge is -2.06. The maximum absolute atomic E-state index is 13.0. The molecule has 1 amide bonds. The molecule has 2 N–H and O–H groups in total. The van der Waals surface area contributed by atoms with Crippen LogP contribution in [0.15, 0.2) is 64.9 Å². The van der Waals surface area contributed by atoms with Crippen LogP contribution in [0.1, 0.15) is 26.4 Å². The minimum Gasteiger partial charge on any atom is -0.347 e. The standard InChI is InChI=1S/C24H20N4O2S/c1-14-5-7-17(10-15(14)2)28-24(30)20-13-25-21-8-6-16(11-19(21)22(20)27-28)23(29)26-12-18-4-3-9-31-18/h3-11,13,27H,12H2,1-2H3,(H,26,29). The summed E-state index contributed by atoms with van der Waals surface area (Å²) < 4.78 is 1.53. The van der Waals surface area contributed by atoms with E-state index in [1.54, 1.807) is 35.7 Å². The van der Waals surface area contributed by atoms with Gasteiger partial charge in [0.1, 0.15) is 0 Å². The summed E-state index contributed by atoms with van der Waals surface area (Å²) in [6, 6.07) is 15.2. The van der Waals surface area contributed by atoms with Crippen molar-refractivity contribution in [1.29, 1.82) is 0 Å². The van der Waals surface area contributed by atoms with Crippen LogP contribution >= 0.6 is 11.3 Å². The summed E-state index contributed by atoms with van der Waals surface area (Å²) in [7, 11) is 0. The second-order valence-electron chi connectivity index (χ2n) is 7.56. The van der Waals surface area contributed by atoms with Gasteiger partial charge in [-0.2, -0.15) is 0 Å². The van der Waals surface area contributed by atoms with Gasteiger partial charge in [-0.1, -0.05) is 12.1 Å². The normalized spacial score (nSPS) is 11.3. The summed E-state index contributed by atoms with van der Waals surface area (Å²) >= 11 is 1.60. The van der Waals surface area contributed by atoms with Crippen molar-refractivity contribution < 1.29 is 4.79 Å². The number of amides is 1. The number of benzene rings is 2. The lowest BCUT2D eigenvalue weighted by Crippen LogP contribution is -2.22. The Labute approximate surface area is 182 Å². The molecule has 0 spiro atoms. The maximum atomic E-state index is 13.0. The number of aromatic nitrogens is 3. The van der Waals surface area contributed by atoms with Crippen LogP contribution in [0.4, 0.5) is 0 Å². The highest BCUT2D eigenvalue weighted by atomic mass is 32.1. The summed E-state index contributed by atoms with van der Waals surface area (Å²) in [5, 5.41) is 9.37. The number of carbonyl (C=O) groups excluding carboxylic acids is 1. The molecule has 2 aromatic carbocycles. The van der Waals surface area contributed by atoms with Gasteiger partial charge in [0.2, 0.25) is 0 Å². The molecular formula is C24H20N4O2S. The van der Waals surface area contributed by atoms with Crippen molar-refractivity contribution in [3.05, 3.63) is 92.0 Å². The molecule has 0 saturated carbocycles. The maximum Gasteiger partial charge on any atom is 0.280 e. The largest absolute Gasteiger partial charge is 0.347 e. The van der Waals surface area contributed by atoms with Crippen LogP contribution in [0.25, 0.3) is 27.5 Å². The fourth-order valence-corrected chi connectivity index (χ4v) is 4.27. The molecule has 3 heterocycles. The van der Waals surface area contributed by atoms with Crippen molar-refractivity contribution >= 4 is 39.0 Å². The Hall–Kier alpha value is -3.71. The van der Waals surface area contributed by atoms with Crippen molar-refractivity contribution in [3.8, 4) is 5.69 Å². The van der Waals surface area contributed by atoms with Crippen molar-refractivity contribution in [3.63, 3.8) is 0 Å². The third-order valence-corrected chi connectivity index (χ3v) is 6.42. The second kappa shape index (κ2) is 7.52. The summed E-state index contributed by atoms with van der Waals surface area (Å²) in [5.41, 5.74) is 4.78. The Morgan fingerprint density at radius 2 is 1.97 bits per heavy atom. The molecule has 154 valence electrons. The van der Waals surface area contributed by atoms with Gasteiger partial charge in [0.15, 0.2) is 0 Å². The van der Waals surface area contributed by atoms with Crippen molar-refractivity contribution in [2.24, 2.45) is 0 Å². The lowest BCUT2D eigenvalue weighted by atomic mass is 10.1. The quantitative estimate of drug-likeness (QED) is 0.443. The van der Waals surface area contributed by atoms with Crippen molar-refractivity contribution in [2.45, 2.75) is 20.4 Å². The van der Waals surface area contributed by atoms with E-state index in [4.69, 9.17) is 0 Å². The fourth-order valence-electron chi connectivity index (χ4n) is 3.63. The molecule has 7 heteroatoms. The average molecular weight is 429 g/mol. The third-order valence-electron chi connectivity index (χ3n) is 5.54. The average Bonchev–Trinajstić information content (AvgIpc) is 3.42. The molecule has 0 atom stereocenters. The zero-order chi connectivity index (χ0) is 21.5. The lowest BCUT2D eigenvalue weighted by molar-refractivity contribution is 0.0951. The van der Waals surface area contributed by atoms with E-state index in [1.807, 2.05) is 49.6 Å². The molecule has 3 aromatic heterocycles. The van der Waals surface area contributed by atoms with Gasteiger partial charge in [0.05, 0.1) is 28.7 Å². The van der Waals surface area contributed by atoms with E-state index < -0.39 is 0 Å². The number of thiophene rings is 1. The molecule has 0 aliphatic carbocycles. The number of nitrogens with zero attached hydrogens (tertiary/aromatic N) is 2. The van der Waals surface area contributed by atoms with Crippen LogP contribution in [0.2, 0.25) is 0 Å². The van der Waals surface area contributed by atoms with E-state index >= 15 is 0 Å². The Bertz CT molecular complexity index is 1500. The summed E-state index contributed by atoms with van der Waals surface area (Å²) in [6.45, 7) is 4.54.